The number of benzene rings is 2. The molecule has 0 radical (unpaired) electrons. The molecule has 2 aromatic carbocycles. The summed E-state index contributed by atoms with van der Waals surface area (Å²) < 4.78 is 10.4. The Labute approximate surface area is 187 Å². The van der Waals surface area contributed by atoms with Crippen molar-refractivity contribution in [2.75, 3.05) is 19.0 Å². The number of carbonyl (C=O) groups excluding carboxylic acids is 2. The second kappa shape index (κ2) is 9.16. The van der Waals surface area contributed by atoms with Gasteiger partial charge in [0.05, 0.1) is 23.2 Å². The number of carbonyl (C=O) groups is 2. The first kappa shape index (κ1) is 20.8. The van der Waals surface area contributed by atoms with Crippen LogP contribution in [-0.4, -0.2) is 30.6 Å². The van der Waals surface area contributed by atoms with Crippen molar-refractivity contribution in [1.82, 2.24) is 4.98 Å². The predicted molar refractivity (Wildman–Crippen MR) is 122 cm³/mol. The Morgan fingerprint density at radius 3 is 2.61 bits per heavy atom. The van der Waals surface area contributed by atoms with Crippen molar-refractivity contribution in [3.8, 4) is 17.0 Å². The molecule has 4 rings (SSSR count). The molecule has 1 amide bonds. The molecule has 0 atom stereocenters. The van der Waals surface area contributed by atoms with Crippen molar-refractivity contribution in [1.29, 1.82) is 0 Å². The SMILES string of the molecule is COC(=O)COc1cc(-c2ccc(Cl)cc2)nc2ccc(NC(=O)c3cccs3)cc12. The van der Waals surface area contributed by atoms with Crippen LogP contribution in [0.3, 0.4) is 0 Å². The van der Waals surface area contributed by atoms with Crippen LogP contribution in [0.1, 0.15) is 9.67 Å². The molecular weight excluding hydrogens is 436 g/mol. The van der Waals surface area contributed by atoms with Crippen molar-refractivity contribution in [2.24, 2.45) is 0 Å². The highest BCUT2D eigenvalue weighted by molar-refractivity contribution is 7.12. The largest absolute Gasteiger partial charge is 0.481 e. The molecule has 0 aliphatic carbocycles. The van der Waals surface area contributed by atoms with Crippen LogP contribution in [0.25, 0.3) is 22.2 Å². The summed E-state index contributed by atoms with van der Waals surface area (Å²) in [5.74, 6) is -0.246. The highest BCUT2D eigenvalue weighted by atomic mass is 35.5. The zero-order valence-corrected chi connectivity index (χ0v) is 18.0. The third kappa shape index (κ3) is 4.84. The van der Waals surface area contributed by atoms with E-state index in [-0.39, 0.29) is 12.5 Å². The lowest BCUT2D eigenvalue weighted by atomic mass is 10.1. The number of anilines is 1. The summed E-state index contributed by atoms with van der Waals surface area (Å²) in [4.78, 5) is 29.3. The predicted octanol–water partition coefficient (Wildman–Crippen LogP) is 5.42. The van der Waals surface area contributed by atoms with Crippen LogP contribution in [0.2, 0.25) is 5.02 Å². The smallest absolute Gasteiger partial charge is 0.343 e. The van der Waals surface area contributed by atoms with Gasteiger partial charge in [-0.25, -0.2) is 9.78 Å². The number of hydrogen-bond acceptors (Lipinski definition) is 6. The number of nitrogens with one attached hydrogen (secondary N) is 1. The van der Waals surface area contributed by atoms with Gasteiger partial charge in [-0.05, 0) is 41.8 Å². The molecule has 4 aromatic rings. The number of halogens is 1. The van der Waals surface area contributed by atoms with Crippen LogP contribution >= 0.6 is 22.9 Å². The van der Waals surface area contributed by atoms with Crippen LogP contribution in [0, 0.1) is 0 Å². The summed E-state index contributed by atoms with van der Waals surface area (Å²) in [6, 6.07) is 17.9. The zero-order valence-electron chi connectivity index (χ0n) is 16.4. The molecule has 2 heterocycles. The maximum Gasteiger partial charge on any atom is 0.343 e. The molecule has 0 saturated carbocycles. The quantitative estimate of drug-likeness (QED) is 0.395. The lowest BCUT2D eigenvalue weighted by Gasteiger charge is -2.13. The molecule has 0 bridgehead atoms. The van der Waals surface area contributed by atoms with Gasteiger partial charge in [-0.3, -0.25) is 4.79 Å². The molecular formula is C23H17ClN2O4S. The number of rotatable bonds is 6. The van der Waals surface area contributed by atoms with Gasteiger partial charge in [0.25, 0.3) is 5.91 Å². The van der Waals surface area contributed by atoms with E-state index in [4.69, 9.17) is 21.3 Å². The third-order valence-electron chi connectivity index (χ3n) is 4.49. The fourth-order valence-corrected chi connectivity index (χ4v) is 3.70. The Kier molecular flexibility index (Phi) is 6.16. The number of fused-ring (bicyclic) bond motifs is 1. The van der Waals surface area contributed by atoms with Crippen LogP contribution in [0.4, 0.5) is 5.69 Å². The highest BCUT2D eigenvalue weighted by Crippen LogP contribution is 2.32. The molecule has 0 saturated heterocycles. The lowest BCUT2D eigenvalue weighted by molar-refractivity contribution is -0.142. The van der Waals surface area contributed by atoms with Gasteiger partial charge in [-0.15, -0.1) is 11.3 Å². The van der Waals surface area contributed by atoms with E-state index in [1.165, 1.54) is 18.4 Å². The molecule has 156 valence electrons. The van der Waals surface area contributed by atoms with Crippen molar-refractivity contribution in [3.05, 3.63) is 75.9 Å². The van der Waals surface area contributed by atoms with Crippen molar-refractivity contribution < 1.29 is 19.1 Å². The van der Waals surface area contributed by atoms with E-state index < -0.39 is 5.97 Å². The third-order valence-corrected chi connectivity index (χ3v) is 5.61. The summed E-state index contributed by atoms with van der Waals surface area (Å²) in [7, 11) is 1.30. The second-order valence-electron chi connectivity index (χ2n) is 6.54. The Morgan fingerprint density at radius 2 is 1.90 bits per heavy atom. The number of pyridine rings is 1. The number of thiophene rings is 1. The normalized spacial score (nSPS) is 10.6. The lowest BCUT2D eigenvalue weighted by Crippen LogP contribution is -2.13. The van der Waals surface area contributed by atoms with Crippen molar-refractivity contribution in [3.63, 3.8) is 0 Å². The minimum absolute atomic E-state index is 0.197. The van der Waals surface area contributed by atoms with Gasteiger partial charge in [-0.2, -0.15) is 0 Å². The maximum absolute atomic E-state index is 12.4. The standard InChI is InChI=1S/C23H17ClN2O4S/c1-29-22(27)13-30-20-12-19(14-4-6-15(24)7-5-14)26-18-9-8-16(11-17(18)20)25-23(28)21-3-2-10-31-21/h2-12H,13H2,1H3,(H,25,28). The first-order valence-electron chi connectivity index (χ1n) is 9.29. The minimum atomic E-state index is -0.500. The molecule has 0 fully saturated rings. The molecule has 0 aliphatic heterocycles. The fourth-order valence-electron chi connectivity index (χ4n) is 2.96. The molecule has 2 aromatic heterocycles. The number of methoxy groups -OCH3 is 1. The number of ether oxygens (including phenoxy) is 2. The van der Waals surface area contributed by atoms with Gasteiger partial charge in [-0.1, -0.05) is 29.8 Å². The first-order chi connectivity index (χ1) is 15.0. The van der Waals surface area contributed by atoms with Crippen LogP contribution in [0.15, 0.2) is 66.0 Å². The molecule has 0 unspecified atom stereocenters. The van der Waals surface area contributed by atoms with E-state index in [0.29, 0.717) is 37.9 Å². The van der Waals surface area contributed by atoms with Crippen molar-refractivity contribution in [2.45, 2.75) is 0 Å². The summed E-state index contributed by atoms with van der Waals surface area (Å²) in [5.41, 5.74) is 2.76. The number of aromatic nitrogens is 1. The fraction of sp³-hybridized carbons (Fsp3) is 0.0870. The van der Waals surface area contributed by atoms with Gasteiger partial charge in [0.1, 0.15) is 5.75 Å². The summed E-state index contributed by atoms with van der Waals surface area (Å²) >= 11 is 7.35. The molecule has 8 heteroatoms. The molecule has 0 spiro atoms. The maximum atomic E-state index is 12.4. The molecule has 31 heavy (non-hydrogen) atoms. The van der Waals surface area contributed by atoms with Gasteiger partial charge in [0.15, 0.2) is 6.61 Å². The summed E-state index contributed by atoms with van der Waals surface area (Å²) in [5, 5.41) is 6.00. The van der Waals surface area contributed by atoms with Crippen LogP contribution in [0.5, 0.6) is 5.75 Å². The van der Waals surface area contributed by atoms with E-state index in [9.17, 15) is 9.59 Å². The topological polar surface area (TPSA) is 77.5 Å². The second-order valence-corrected chi connectivity index (χ2v) is 7.92. The van der Waals surface area contributed by atoms with Crippen LogP contribution < -0.4 is 10.1 Å². The van der Waals surface area contributed by atoms with E-state index in [1.54, 1.807) is 42.5 Å². The van der Waals surface area contributed by atoms with Gasteiger partial charge >= 0.3 is 5.97 Å². The summed E-state index contributed by atoms with van der Waals surface area (Å²) in [6.45, 7) is -0.249. The molecule has 1 N–H and O–H groups in total. The van der Waals surface area contributed by atoms with E-state index in [0.717, 1.165) is 5.56 Å². The number of hydrogen-bond donors (Lipinski definition) is 1. The average Bonchev–Trinajstić information content (AvgIpc) is 3.33. The number of esters is 1. The van der Waals surface area contributed by atoms with Gasteiger partial charge in [0.2, 0.25) is 0 Å². The average molecular weight is 453 g/mol. The summed E-state index contributed by atoms with van der Waals surface area (Å²) in [6.07, 6.45) is 0. The minimum Gasteiger partial charge on any atom is -0.481 e. The van der Waals surface area contributed by atoms with E-state index in [1.807, 2.05) is 23.6 Å². The Morgan fingerprint density at radius 1 is 1.10 bits per heavy atom. The van der Waals surface area contributed by atoms with Gasteiger partial charge < -0.3 is 14.8 Å². The van der Waals surface area contributed by atoms with E-state index >= 15 is 0 Å². The monoisotopic (exact) mass is 452 g/mol. The van der Waals surface area contributed by atoms with Crippen LogP contribution in [-0.2, 0) is 9.53 Å². The van der Waals surface area contributed by atoms with Crippen molar-refractivity contribution >= 4 is 51.4 Å². The Hall–Kier alpha value is -3.42. The number of amides is 1. The van der Waals surface area contributed by atoms with E-state index in [2.05, 4.69) is 10.1 Å². The molecule has 6 nitrogen and oxygen atoms in total. The highest BCUT2D eigenvalue weighted by Gasteiger charge is 2.13. The number of nitrogens with zero attached hydrogens (tertiary/aromatic N) is 1. The van der Waals surface area contributed by atoms with Gasteiger partial charge in [0, 0.05) is 27.7 Å². The molecule has 0 aliphatic rings. The first-order valence-corrected chi connectivity index (χ1v) is 10.5. The Bertz CT molecular complexity index is 1240. The zero-order chi connectivity index (χ0) is 21.8. The Balaban J connectivity index is 1.73.